The molecule has 3 heteroatoms. The summed E-state index contributed by atoms with van der Waals surface area (Å²) in [6, 6.07) is 6.56. The average Bonchev–Trinajstić information content (AvgIpc) is 2.73. The summed E-state index contributed by atoms with van der Waals surface area (Å²) in [5, 5.41) is 0. The van der Waals surface area contributed by atoms with Gasteiger partial charge in [0.25, 0.3) is 0 Å². The molecule has 0 radical (unpaired) electrons. The summed E-state index contributed by atoms with van der Waals surface area (Å²) in [6.07, 6.45) is 7.90. The summed E-state index contributed by atoms with van der Waals surface area (Å²) in [5.41, 5.74) is 0.624. The van der Waals surface area contributed by atoms with Crippen molar-refractivity contribution in [1.82, 2.24) is 4.90 Å². The molecule has 1 heterocycles. The molecule has 0 spiro atoms. The van der Waals surface area contributed by atoms with Gasteiger partial charge < -0.3 is 4.90 Å². The Labute approximate surface area is 127 Å². The Balaban J connectivity index is 1.79. The second kappa shape index (κ2) is 8.28. The molecule has 1 aliphatic rings. The molecule has 2 rings (SSSR count). The van der Waals surface area contributed by atoms with Gasteiger partial charge in [-0.25, -0.2) is 4.39 Å². The Bertz CT molecular complexity index is 443. The summed E-state index contributed by atoms with van der Waals surface area (Å²) < 4.78 is 12.8. The van der Waals surface area contributed by atoms with Crippen molar-refractivity contribution in [2.45, 2.75) is 57.9 Å². The Hall–Kier alpha value is -1.22. The van der Waals surface area contributed by atoms with Gasteiger partial charge in [-0.05, 0) is 63.0 Å². The van der Waals surface area contributed by atoms with E-state index in [1.807, 2.05) is 0 Å². The van der Waals surface area contributed by atoms with Crippen LogP contribution in [0.15, 0.2) is 24.3 Å². The first-order chi connectivity index (χ1) is 10.2. The van der Waals surface area contributed by atoms with E-state index in [9.17, 15) is 9.18 Å². The highest BCUT2D eigenvalue weighted by molar-refractivity contribution is 5.95. The van der Waals surface area contributed by atoms with Crippen LogP contribution in [0, 0.1) is 5.82 Å². The lowest BCUT2D eigenvalue weighted by atomic mass is 10.0. The number of rotatable bonds is 6. The highest BCUT2D eigenvalue weighted by atomic mass is 19.1. The maximum Gasteiger partial charge on any atom is 0.162 e. The van der Waals surface area contributed by atoms with E-state index >= 15 is 0 Å². The summed E-state index contributed by atoms with van der Waals surface area (Å²) in [4.78, 5) is 14.6. The molecule has 21 heavy (non-hydrogen) atoms. The van der Waals surface area contributed by atoms with Gasteiger partial charge in [0.1, 0.15) is 5.82 Å². The van der Waals surface area contributed by atoms with Gasteiger partial charge in [0.15, 0.2) is 5.78 Å². The molecule has 1 aromatic carbocycles. The van der Waals surface area contributed by atoms with Gasteiger partial charge >= 0.3 is 0 Å². The molecular formula is C18H26FNO. The molecular weight excluding hydrogens is 265 g/mol. The third-order valence-electron chi connectivity index (χ3n) is 4.49. The van der Waals surface area contributed by atoms with Gasteiger partial charge in [-0.2, -0.15) is 0 Å². The maximum absolute atomic E-state index is 12.8. The van der Waals surface area contributed by atoms with Gasteiger partial charge in [-0.3, -0.25) is 4.79 Å². The second-order valence-electron chi connectivity index (χ2n) is 5.98. The number of carbonyl (C=O) groups is 1. The fraction of sp³-hybridized carbons (Fsp3) is 0.611. The zero-order chi connectivity index (χ0) is 15.1. The van der Waals surface area contributed by atoms with E-state index in [0.29, 0.717) is 18.0 Å². The summed E-state index contributed by atoms with van der Waals surface area (Å²) in [5.74, 6) is -0.167. The van der Waals surface area contributed by atoms with Crippen molar-refractivity contribution in [3.8, 4) is 0 Å². The first kappa shape index (κ1) is 16.2. The van der Waals surface area contributed by atoms with Crippen LogP contribution in [0.5, 0.6) is 0 Å². The van der Waals surface area contributed by atoms with Crippen LogP contribution in [0.1, 0.15) is 62.2 Å². The van der Waals surface area contributed by atoms with Gasteiger partial charge in [0, 0.05) is 18.0 Å². The van der Waals surface area contributed by atoms with E-state index < -0.39 is 0 Å². The minimum Gasteiger partial charge on any atom is -0.300 e. The topological polar surface area (TPSA) is 20.3 Å². The highest BCUT2D eigenvalue weighted by Gasteiger charge is 2.19. The molecule has 0 bridgehead atoms. The maximum atomic E-state index is 12.8. The first-order valence-electron chi connectivity index (χ1n) is 8.23. The van der Waals surface area contributed by atoms with Crippen molar-refractivity contribution in [2.24, 2.45) is 0 Å². The predicted octanol–water partition coefficient (Wildman–Crippen LogP) is 4.44. The van der Waals surface area contributed by atoms with Crippen LogP contribution in [-0.4, -0.2) is 29.8 Å². The zero-order valence-electron chi connectivity index (χ0n) is 13.0. The zero-order valence-corrected chi connectivity index (χ0v) is 13.0. The molecule has 0 aliphatic carbocycles. The largest absolute Gasteiger partial charge is 0.300 e. The molecule has 2 nitrogen and oxygen atoms in total. The van der Waals surface area contributed by atoms with Gasteiger partial charge in [-0.1, -0.05) is 19.8 Å². The number of halogens is 1. The summed E-state index contributed by atoms with van der Waals surface area (Å²) in [7, 11) is 0. The Morgan fingerprint density at radius 3 is 2.71 bits per heavy atom. The van der Waals surface area contributed by atoms with E-state index in [4.69, 9.17) is 0 Å². The minimum absolute atomic E-state index is 0.123. The van der Waals surface area contributed by atoms with E-state index in [1.165, 1.54) is 50.8 Å². The number of nitrogens with zero attached hydrogens (tertiary/aromatic N) is 1. The smallest absolute Gasteiger partial charge is 0.162 e. The number of ketones is 1. The van der Waals surface area contributed by atoms with Crippen molar-refractivity contribution in [3.63, 3.8) is 0 Å². The standard InChI is InChI=1S/C18H26FNO/c1-2-17-7-4-3-5-13-20(17)14-6-8-18(21)15-9-11-16(19)12-10-15/h9-12,17H,2-8,13-14H2,1H3. The number of benzene rings is 1. The molecule has 1 aliphatic heterocycles. The van der Waals surface area contributed by atoms with E-state index in [0.717, 1.165) is 13.0 Å². The van der Waals surface area contributed by atoms with Crippen molar-refractivity contribution >= 4 is 5.78 Å². The molecule has 0 N–H and O–H groups in total. The third-order valence-corrected chi connectivity index (χ3v) is 4.49. The molecule has 1 fully saturated rings. The fourth-order valence-electron chi connectivity index (χ4n) is 3.22. The summed E-state index contributed by atoms with van der Waals surface area (Å²) >= 11 is 0. The van der Waals surface area contributed by atoms with E-state index in [1.54, 1.807) is 12.1 Å². The molecule has 0 amide bonds. The Morgan fingerprint density at radius 1 is 1.24 bits per heavy atom. The molecule has 0 aromatic heterocycles. The minimum atomic E-state index is -0.290. The SMILES string of the molecule is CCC1CCCCCN1CCCC(=O)c1ccc(F)cc1. The third kappa shape index (κ3) is 4.92. The van der Waals surface area contributed by atoms with Crippen molar-refractivity contribution in [1.29, 1.82) is 0 Å². The van der Waals surface area contributed by atoms with Crippen LogP contribution in [0.3, 0.4) is 0 Å². The van der Waals surface area contributed by atoms with Gasteiger partial charge in [-0.15, -0.1) is 0 Å². The van der Waals surface area contributed by atoms with Crippen LogP contribution in [-0.2, 0) is 0 Å². The molecule has 1 unspecified atom stereocenters. The van der Waals surface area contributed by atoms with Crippen molar-refractivity contribution in [3.05, 3.63) is 35.6 Å². The van der Waals surface area contributed by atoms with Crippen LogP contribution >= 0.6 is 0 Å². The normalized spacial score (nSPS) is 20.2. The average molecular weight is 291 g/mol. The van der Waals surface area contributed by atoms with Crippen LogP contribution in [0.2, 0.25) is 0 Å². The van der Waals surface area contributed by atoms with Crippen molar-refractivity contribution in [2.75, 3.05) is 13.1 Å². The number of likely N-dealkylation sites (tertiary alicyclic amines) is 1. The monoisotopic (exact) mass is 291 g/mol. The lowest BCUT2D eigenvalue weighted by molar-refractivity contribution is 0.0969. The number of hydrogen-bond acceptors (Lipinski definition) is 2. The molecule has 1 aromatic rings. The number of Topliss-reactive ketones (excluding diaryl/α,β-unsaturated/α-hetero) is 1. The summed E-state index contributed by atoms with van der Waals surface area (Å²) in [6.45, 7) is 4.43. The Kier molecular flexibility index (Phi) is 6.37. The Morgan fingerprint density at radius 2 is 2.00 bits per heavy atom. The first-order valence-corrected chi connectivity index (χ1v) is 8.23. The quantitative estimate of drug-likeness (QED) is 0.722. The number of carbonyl (C=O) groups excluding carboxylic acids is 1. The van der Waals surface area contributed by atoms with Crippen LogP contribution < -0.4 is 0 Å². The fourth-order valence-corrected chi connectivity index (χ4v) is 3.22. The van der Waals surface area contributed by atoms with Gasteiger partial charge in [0.05, 0.1) is 0 Å². The lowest BCUT2D eigenvalue weighted by Gasteiger charge is -2.28. The molecule has 1 atom stereocenters. The molecule has 1 saturated heterocycles. The van der Waals surface area contributed by atoms with Crippen LogP contribution in [0.25, 0.3) is 0 Å². The van der Waals surface area contributed by atoms with Gasteiger partial charge in [0.2, 0.25) is 0 Å². The second-order valence-corrected chi connectivity index (χ2v) is 5.98. The number of hydrogen-bond donors (Lipinski definition) is 0. The van der Waals surface area contributed by atoms with Crippen molar-refractivity contribution < 1.29 is 9.18 Å². The van der Waals surface area contributed by atoms with Crippen LogP contribution in [0.4, 0.5) is 4.39 Å². The molecule has 0 saturated carbocycles. The van der Waals surface area contributed by atoms with E-state index in [2.05, 4.69) is 11.8 Å². The molecule has 116 valence electrons. The highest BCUT2D eigenvalue weighted by Crippen LogP contribution is 2.19. The van der Waals surface area contributed by atoms with E-state index in [-0.39, 0.29) is 11.6 Å². The predicted molar refractivity (Wildman–Crippen MR) is 84.1 cm³/mol. The lowest BCUT2D eigenvalue weighted by Crippen LogP contribution is -2.35.